The molecular formula is C12H19O7P. The first-order valence-electron chi connectivity index (χ1n) is 6.55. The Bertz CT molecular complexity index is 421. The Morgan fingerprint density at radius 3 is 1.65 bits per heavy atom. The molecule has 8 heteroatoms. The summed E-state index contributed by atoms with van der Waals surface area (Å²) in [5, 5.41) is -0.822. The first kappa shape index (κ1) is 15.5. The lowest BCUT2D eigenvalue weighted by Crippen LogP contribution is -2.26. The minimum absolute atomic E-state index is 0.229. The minimum Gasteiger partial charge on any atom is -0.435 e. The monoisotopic (exact) mass is 306 g/mol. The average Bonchev–Trinajstić information content (AvgIpc) is 2.86. The zero-order valence-electron chi connectivity index (χ0n) is 11.8. The number of esters is 2. The van der Waals surface area contributed by atoms with Gasteiger partial charge in [0.05, 0.1) is 18.0 Å². The van der Waals surface area contributed by atoms with E-state index in [-0.39, 0.29) is 24.8 Å². The summed E-state index contributed by atoms with van der Waals surface area (Å²) < 4.78 is 33.6. The van der Waals surface area contributed by atoms with Gasteiger partial charge in [0, 0.05) is 12.8 Å². The van der Waals surface area contributed by atoms with Gasteiger partial charge in [0.1, 0.15) is 0 Å². The van der Waals surface area contributed by atoms with Gasteiger partial charge < -0.3 is 9.47 Å². The van der Waals surface area contributed by atoms with E-state index in [2.05, 4.69) is 0 Å². The Balaban J connectivity index is 2.07. The second-order valence-corrected chi connectivity index (χ2v) is 8.55. The van der Waals surface area contributed by atoms with E-state index < -0.39 is 25.3 Å². The molecule has 0 bridgehead atoms. The average molecular weight is 306 g/mol. The molecular weight excluding hydrogens is 287 g/mol. The third kappa shape index (κ3) is 3.40. The number of carbonyl (C=O) groups is 2. The van der Waals surface area contributed by atoms with Crippen molar-refractivity contribution < 1.29 is 32.7 Å². The first-order valence-corrected chi connectivity index (χ1v) is 8.10. The van der Waals surface area contributed by atoms with Gasteiger partial charge in [0.25, 0.3) is 0 Å². The number of ether oxygens (including phenoxy) is 2. The van der Waals surface area contributed by atoms with Crippen LogP contribution in [0.15, 0.2) is 0 Å². The Morgan fingerprint density at radius 1 is 1.00 bits per heavy atom. The van der Waals surface area contributed by atoms with Gasteiger partial charge in [-0.15, -0.1) is 0 Å². The summed E-state index contributed by atoms with van der Waals surface area (Å²) >= 11 is 0. The predicted octanol–water partition coefficient (Wildman–Crippen LogP) is 2.34. The van der Waals surface area contributed by atoms with Gasteiger partial charge >= 0.3 is 19.5 Å². The van der Waals surface area contributed by atoms with Crippen LogP contribution in [0.2, 0.25) is 0 Å². The molecule has 0 saturated carbocycles. The lowest BCUT2D eigenvalue weighted by atomic mass is 10.3. The molecule has 2 unspecified atom stereocenters. The van der Waals surface area contributed by atoms with Crippen LogP contribution in [0.3, 0.4) is 0 Å². The Morgan fingerprint density at radius 2 is 1.40 bits per heavy atom. The Hall–Kier alpha value is -0.910. The SMILES string of the molecule is CC(C)(C)P(=O)(OC1CCC(=O)O1)OC1CCC(=O)O1. The van der Waals surface area contributed by atoms with Gasteiger partial charge in [-0.2, -0.15) is 0 Å². The molecule has 0 amide bonds. The Kier molecular flexibility index (Phi) is 4.23. The molecule has 0 radical (unpaired) electrons. The maximum absolute atomic E-state index is 12.9. The van der Waals surface area contributed by atoms with Gasteiger partial charge in [-0.1, -0.05) is 0 Å². The van der Waals surface area contributed by atoms with E-state index in [0.717, 1.165) is 0 Å². The molecule has 0 aromatic rings. The third-order valence-corrected chi connectivity index (χ3v) is 5.70. The fourth-order valence-corrected chi connectivity index (χ4v) is 3.40. The number of hydrogen-bond donors (Lipinski definition) is 0. The summed E-state index contributed by atoms with van der Waals surface area (Å²) in [6, 6.07) is 0. The van der Waals surface area contributed by atoms with Crippen molar-refractivity contribution in [3.05, 3.63) is 0 Å². The van der Waals surface area contributed by atoms with E-state index in [1.165, 1.54) is 0 Å². The molecule has 7 nitrogen and oxygen atoms in total. The zero-order chi connectivity index (χ0) is 15.0. The topological polar surface area (TPSA) is 88.1 Å². The maximum atomic E-state index is 12.9. The molecule has 2 rings (SSSR count). The summed E-state index contributed by atoms with van der Waals surface area (Å²) in [5.41, 5.74) is 0. The van der Waals surface area contributed by atoms with Crippen molar-refractivity contribution in [2.24, 2.45) is 0 Å². The van der Waals surface area contributed by atoms with Crippen LogP contribution < -0.4 is 0 Å². The van der Waals surface area contributed by atoms with Crippen molar-refractivity contribution in [3.8, 4) is 0 Å². The van der Waals surface area contributed by atoms with Crippen LogP contribution >= 0.6 is 7.60 Å². The highest BCUT2D eigenvalue weighted by Crippen LogP contribution is 2.62. The fraction of sp³-hybridized carbons (Fsp3) is 0.833. The highest BCUT2D eigenvalue weighted by molar-refractivity contribution is 7.55. The summed E-state index contributed by atoms with van der Waals surface area (Å²) in [6.07, 6.45) is -0.603. The highest BCUT2D eigenvalue weighted by atomic mass is 31.2. The van der Waals surface area contributed by atoms with Crippen molar-refractivity contribution in [1.29, 1.82) is 0 Å². The van der Waals surface area contributed by atoms with Crippen molar-refractivity contribution >= 4 is 19.5 Å². The van der Waals surface area contributed by atoms with Crippen LogP contribution in [0.25, 0.3) is 0 Å². The normalized spacial score (nSPS) is 29.9. The van der Waals surface area contributed by atoms with E-state index in [9.17, 15) is 14.2 Å². The van der Waals surface area contributed by atoms with Crippen molar-refractivity contribution in [2.45, 2.75) is 64.2 Å². The molecule has 0 aromatic carbocycles. The fourth-order valence-electron chi connectivity index (χ4n) is 1.80. The summed E-state index contributed by atoms with van der Waals surface area (Å²) in [5.74, 6) is -0.773. The van der Waals surface area contributed by atoms with E-state index in [4.69, 9.17) is 18.5 Å². The number of rotatable bonds is 4. The van der Waals surface area contributed by atoms with E-state index in [0.29, 0.717) is 12.8 Å². The van der Waals surface area contributed by atoms with Gasteiger partial charge in [0.15, 0.2) is 0 Å². The second kappa shape index (κ2) is 5.47. The van der Waals surface area contributed by atoms with Crippen molar-refractivity contribution in [2.75, 3.05) is 0 Å². The molecule has 20 heavy (non-hydrogen) atoms. The quantitative estimate of drug-likeness (QED) is 0.581. The van der Waals surface area contributed by atoms with Crippen LogP contribution in [0.1, 0.15) is 46.5 Å². The third-order valence-electron chi connectivity index (χ3n) is 3.03. The number of cyclic esters (lactones) is 2. The van der Waals surface area contributed by atoms with Crippen LogP contribution in [0, 0.1) is 0 Å². The lowest BCUT2D eigenvalue weighted by molar-refractivity contribution is -0.156. The van der Waals surface area contributed by atoms with Crippen LogP contribution in [0.4, 0.5) is 0 Å². The summed E-state index contributed by atoms with van der Waals surface area (Å²) in [6.45, 7) is 5.09. The van der Waals surface area contributed by atoms with Gasteiger partial charge in [0.2, 0.25) is 12.6 Å². The molecule has 2 aliphatic heterocycles. The predicted molar refractivity (Wildman–Crippen MR) is 67.8 cm³/mol. The van der Waals surface area contributed by atoms with Gasteiger partial charge in [-0.05, 0) is 20.8 Å². The number of hydrogen-bond acceptors (Lipinski definition) is 7. The first-order chi connectivity index (χ1) is 9.19. The van der Waals surface area contributed by atoms with Gasteiger partial charge in [-0.25, -0.2) is 0 Å². The molecule has 0 aromatic heterocycles. The molecule has 2 saturated heterocycles. The molecule has 2 heterocycles. The van der Waals surface area contributed by atoms with Crippen LogP contribution in [0.5, 0.6) is 0 Å². The molecule has 114 valence electrons. The molecule has 2 atom stereocenters. The number of carbonyl (C=O) groups excluding carboxylic acids is 2. The zero-order valence-corrected chi connectivity index (χ0v) is 12.7. The van der Waals surface area contributed by atoms with Crippen molar-refractivity contribution in [1.82, 2.24) is 0 Å². The van der Waals surface area contributed by atoms with E-state index in [1.54, 1.807) is 20.8 Å². The molecule has 0 aliphatic carbocycles. The smallest absolute Gasteiger partial charge is 0.342 e. The Labute approximate surface area is 117 Å². The largest absolute Gasteiger partial charge is 0.435 e. The van der Waals surface area contributed by atoms with E-state index in [1.807, 2.05) is 0 Å². The van der Waals surface area contributed by atoms with Crippen LogP contribution in [-0.4, -0.2) is 29.7 Å². The summed E-state index contributed by atoms with van der Waals surface area (Å²) in [4.78, 5) is 22.1. The maximum Gasteiger partial charge on any atom is 0.342 e. The van der Waals surface area contributed by atoms with Crippen molar-refractivity contribution in [3.63, 3.8) is 0 Å². The minimum atomic E-state index is -3.61. The summed E-state index contributed by atoms with van der Waals surface area (Å²) in [7, 11) is -3.61. The molecule has 2 aliphatic rings. The lowest BCUT2D eigenvalue weighted by Gasteiger charge is -2.32. The molecule has 0 spiro atoms. The van der Waals surface area contributed by atoms with E-state index >= 15 is 0 Å². The standard InChI is InChI=1S/C12H19O7P/c1-12(2,3)20(15,18-10-6-4-8(13)16-10)19-11-7-5-9(14)17-11/h10-11H,4-7H2,1-3H3. The molecule has 2 fully saturated rings. The van der Waals surface area contributed by atoms with Gasteiger partial charge in [-0.3, -0.25) is 23.2 Å². The van der Waals surface area contributed by atoms with Crippen LogP contribution in [-0.2, 0) is 32.7 Å². The highest BCUT2D eigenvalue weighted by Gasteiger charge is 2.47. The second-order valence-electron chi connectivity index (χ2n) is 5.80. The molecule has 0 N–H and O–H groups in total.